The third kappa shape index (κ3) is 5.17. The molecule has 1 aromatic heterocycles. The van der Waals surface area contributed by atoms with Crippen LogP contribution in [0.5, 0.6) is 0 Å². The molecule has 0 bridgehead atoms. The number of nitrogens with one attached hydrogen (secondary N) is 2. The molecule has 0 aliphatic carbocycles. The van der Waals surface area contributed by atoms with Gasteiger partial charge in [0, 0.05) is 18.2 Å². The molecule has 1 amide bonds. The minimum atomic E-state index is -3.54. The Morgan fingerprint density at radius 2 is 1.88 bits per heavy atom. The SMILES string of the molecule is CS(=O)(=O)N1C[C@H](S)C[C@H]1C(=O)N[C@@H](Cc1ccc(-c2ccccc2)cc1)c1nn[nH]n1. The Labute approximate surface area is 192 Å². The Balaban J connectivity index is 1.52. The lowest BCUT2D eigenvalue weighted by Crippen LogP contribution is -2.47. The van der Waals surface area contributed by atoms with Crippen molar-refractivity contribution >= 4 is 28.6 Å². The van der Waals surface area contributed by atoms with Crippen molar-refractivity contribution in [2.45, 2.75) is 30.2 Å². The van der Waals surface area contributed by atoms with E-state index in [1.165, 1.54) is 4.31 Å². The molecule has 2 heterocycles. The number of tetrazole rings is 1. The van der Waals surface area contributed by atoms with Crippen LogP contribution in [0.25, 0.3) is 11.1 Å². The van der Waals surface area contributed by atoms with E-state index in [2.05, 4.69) is 38.6 Å². The Morgan fingerprint density at radius 3 is 2.50 bits per heavy atom. The molecule has 1 aliphatic rings. The molecule has 0 saturated carbocycles. The first kappa shape index (κ1) is 22.4. The third-order valence-corrected chi connectivity index (χ3v) is 7.08. The van der Waals surface area contributed by atoms with E-state index >= 15 is 0 Å². The Bertz CT molecular complexity index is 1150. The summed E-state index contributed by atoms with van der Waals surface area (Å²) in [4.78, 5) is 13.0. The van der Waals surface area contributed by atoms with Gasteiger partial charge in [0.1, 0.15) is 6.04 Å². The molecule has 0 unspecified atom stereocenters. The summed E-state index contributed by atoms with van der Waals surface area (Å²) in [5, 5.41) is 16.8. The molecule has 32 heavy (non-hydrogen) atoms. The van der Waals surface area contributed by atoms with E-state index in [0.29, 0.717) is 18.7 Å². The van der Waals surface area contributed by atoms with Gasteiger partial charge >= 0.3 is 0 Å². The first-order valence-electron chi connectivity index (χ1n) is 10.1. The van der Waals surface area contributed by atoms with Crippen molar-refractivity contribution in [3.05, 3.63) is 66.0 Å². The average molecular weight is 473 g/mol. The summed E-state index contributed by atoms with van der Waals surface area (Å²) in [7, 11) is -3.54. The predicted octanol–water partition coefficient (Wildman–Crippen LogP) is 1.60. The minimum absolute atomic E-state index is 0.199. The van der Waals surface area contributed by atoms with Crippen molar-refractivity contribution in [1.82, 2.24) is 30.2 Å². The van der Waals surface area contributed by atoms with Crippen LogP contribution in [0.3, 0.4) is 0 Å². The van der Waals surface area contributed by atoms with E-state index in [1.807, 2.05) is 54.6 Å². The van der Waals surface area contributed by atoms with E-state index in [1.54, 1.807) is 0 Å². The van der Waals surface area contributed by atoms with E-state index < -0.39 is 28.0 Å². The van der Waals surface area contributed by atoms with Crippen LogP contribution in [0.15, 0.2) is 54.6 Å². The fraction of sp³-hybridized carbons (Fsp3) is 0.333. The Kier molecular flexibility index (Phi) is 6.58. The molecule has 0 radical (unpaired) electrons. The van der Waals surface area contributed by atoms with Gasteiger partial charge in [-0.05, 0) is 23.1 Å². The molecule has 11 heteroatoms. The summed E-state index contributed by atoms with van der Waals surface area (Å²) < 4.78 is 25.4. The highest BCUT2D eigenvalue weighted by molar-refractivity contribution is 7.88. The molecule has 4 rings (SSSR count). The highest BCUT2D eigenvalue weighted by Gasteiger charge is 2.41. The molecule has 3 aromatic rings. The molecule has 1 aliphatic heterocycles. The van der Waals surface area contributed by atoms with Crippen molar-refractivity contribution in [2.24, 2.45) is 0 Å². The third-order valence-electron chi connectivity index (χ3n) is 5.45. The summed E-state index contributed by atoms with van der Waals surface area (Å²) >= 11 is 4.38. The fourth-order valence-corrected chi connectivity index (χ4v) is 5.46. The van der Waals surface area contributed by atoms with Crippen LogP contribution in [-0.2, 0) is 21.2 Å². The quantitative estimate of drug-likeness (QED) is 0.449. The van der Waals surface area contributed by atoms with Crippen molar-refractivity contribution < 1.29 is 13.2 Å². The van der Waals surface area contributed by atoms with Gasteiger partial charge < -0.3 is 5.32 Å². The molecule has 2 N–H and O–H groups in total. The van der Waals surface area contributed by atoms with Crippen molar-refractivity contribution in [1.29, 1.82) is 0 Å². The monoisotopic (exact) mass is 472 g/mol. The number of thiol groups is 1. The minimum Gasteiger partial charge on any atom is -0.344 e. The summed E-state index contributed by atoms with van der Waals surface area (Å²) in [6.07, 6.45) is 1.87. The van der Waals surface area contributed by atoms with Crippen LogP contribution in [0.1, 0.15) is 23.9 Å². The number of nitrogens with zero attached hydrogens (tertiary/aromatic N) is 4. The van der Waals surface area contributed by atoms with Gasteiger partial charge in [0.25, 0.3) is 0 Å². The number of sulfonamides is 1. The van der Waals surface area contributed by atoms with Crippen molar-refractivity contribution in [3.63, 3.8) is 0 Å². The zero-order valence-corrected chi connectivity index (χ0v) is 19.1. The van der Waals surface area contributed by atoms with Crippen LogP contribution in [0, 0.1) is 0 Å². The largest absolute Gasteiger partial charge is 0.344 e. The van der Waals surface area contributed by atoms with Gasteiger partial charge in [0.05, 0.1) is 12.3 Å². The highest BCUT2D eigenvalue weighted by atomic mass is 32.2. The summed E-state index contributed by atoms with van der Waals surface area (Å²) in [6, 6.07) is 16.7. The number of rotatable bonds is 7. The topological polar surface area (TPSA) is 121 Å². The molecule has 3 atom stereocenters. The summed E-state index contributed by atoms with van der Waals surface area (Å²) in [5.41, 5.74) is 3.17. The summed E-state index contributed by atoms with van der Waals surface area (Å²) in [6.45, 7) is 0.202. The van der Waals surface area contributed by atoms with E-state index in [4.69, 9.17) is 0 Å². The lowest BCUT2D eigenvalue weighted by Gasteiger charge is -2.24. The van der Waals surface area contributed by atoms with Gasteiger partial charge in [-0.3, -0.25) is 4.79 Å². The van der Waals surface area contributed by atoms with Crippen molar-refractivity contribution in [2.75, 3.05) is 12.8 Å². The standard InChI is InChI=1S/C21H24N6O3S2/c1-32(29,30)27-13-17(31)12-19(27)21(28)22-18(20-23-25-26-24-20)11-14-7-9-16(10-8-14)15-5-3-2-4-6-15/h2-10,17-19,31H,11-13H2,1H3,(H,22,28)(H,23,24,25,26)/t17-,18+,19+/m1/s1. The number of aromatic nitrogens is 4. The maximum Gasteiger partial charge on any atom is 0.239 e. The predicted molar refractivity (Wildman–Crippen MR) is 123 cm³/mol. The second-order valence-electron chi connectivity index (χ2n) is 7.84. The number of amides is 1. The molecular weight excluding hydrogens is 448 g/mol. The Hall–Kier alpha value is -2.76. The number of benzene rings is 2. The number of hydrogen-bond acceptors (Lipinski definition) is 7. The summed E-state index contributed by atoms with van der Waals surface area (Å²) in [5.74, 6) is -0.0699. The fourth-order valence-electron chi connectivity index (χ4n) is 3.88. The second-order valence-corrected chi connectivity index (χ2v) is 10.5. The number of carbonyl (C=O) groups is 1. The number of hydrogen-bond donors (Lipinski definition) is 3. The zero-order chi connectivity index (χ0) is 22.7. The Morgan fingerprint density at radius 1 is 1.19 bits per heavy atom. The molecule has 168 valence electrons. The second kappa shape index (κ2) is 9.39. The van der Waals surface area contributed by atoms with Crippen LogP contribution in [-0.4, -0.2) is 63.3 Å². The first-order chi connectivity index (χ1) is 15.3. The molecule has 9 nitrogen and oxygen atoms in total. The van der Waals surface area contributed by atoms with Gasteiger partial charge in [-0.1, -0.05) is 59.8 Å². The average Bonchev–Trinajstić information content (AvgIpc) is 3.44. The zero-order valence-electron chi connectivity index (χ0n) is 17.4. The van der Waals surface area contributed by atoms with Crippen LogP contribution in [0.4, 0.5) is 0 Å². The molecule has 2 aromatic carbocycles. The maximum atomic E-state index is 13.0. The molecule has 0 spiro atoms. The van der Waals surface area contributed by atoms with Crippen LogP contribution >= 0.6 is 12.6 Å². The van der Waals surface area contributed by atoms with Gasteiger partial charge in [0.15, 0.2) is 5.82 Å². The van der Waals surface area contributed by atoms with Crippen LogP contribution < -0.4 is 5.32 Å². The normalized spacial score (nSPS) is 20.2. The van der Waals surface area contributed by atoms with Gasteiger partial charge in [-0.25, -0.2) is 8.42 Å². The van der Waals surface area contributed by atoms with Gasteiger partial charge in [-0.15, -0.1) is 10.2 Å². The van der Waals surface area contributed by atoms with Gasteiger partial charge in [0.2, 0.25) is 15.9 Å². The number of carbonyl (C=O) groups excluding carboxylic acids is 1. The number of H-pyrrole nitrogens is 1. The van der Waals surface area contributed by atoms with E-state index in [0.717, 1.165) is 22.9 Å². The van der Waals surface area contributed by atoms with Crippen molar-refractivity contribution in [3.8, 4) is 11.1 Å². The number of aromatic amines is 1. The molecular formula is C21H24N6O3S2. The van der Waals surface area contributed by atoms with E-state index in [9.17, 15) is 13.2 Å². The molecule has 1 fully saturated rings. The van der Waals surface area contributed by atoms with Crippen LogP contribution in [0.2, 0.25) is 0 Å². The molecule has 1 saturated heterocycles. The first-order valence-corrected chi connectivity index (χ1v) is 12.5. The van der Waals surface area contributed by atoms with E-state index in [-0.39, 0.29) is 11.8 Å². The maximum absolute atomic E-state index is 13.0. The highest BCUT2D eigenvalue weighted by Crippen LogP contribution is 2.26. The smallest absolute Gasteiger partial charge is 0.239 e. The lowest BCUT2D eigenvalue weighted by atomic mass is 10.00. The van der Waals surface area contributed by atoms with Gasteiger partial charge in [-0.2, -0.15) is 22.1 Å². The lowest BCUT2D eigenvalue weighted by molar-refractivity contribution is -0.125.